The summed E-state index contributed by atoms with van der Waals surface area (Å²) in [4.78, 5) is 18.5. The molecule has 1 fully saturated rings. The molecule has 1 saturated heterocycles. The van der Waals surface area contributed by atoms with Crippen LogP contribution >= 0.6 is 0 Å². The van der Waals surface area contributed by atoms with Crippen LogP contribution in [-0.4, -0.2) is 51.7 Å². The monoisotopic (exact) mass is 338 g/mol. The summed E-state index contributed by atoms with van der Waals surface area (Å²) in [6.07, 6.45) is 1.51. The van der Waals surface area contributed by atoms with Crippen molar-refractivity contribution >= 4 is 11.6 Å². The quantitative estimate of drug-likeness (QED) is 0.725. The topological polar surface area (TPSA) is 69.0 Å². The summed E-state index contributed by atoms with van der Waals surface area (Å²) in [5.74, 6) is 0.656. The number of pyridine rings is 1. The summed E-state index contributed by atoms with van der Waals surface area (Å²) in [5, 5.41) is 4.19. The van der Waals surface area contributed by atoms with Crippen LogP contribution in [0.25, 0.3) is 5.65 Å². The van der Waals surface area contributed by atoms with Gasteiger partial charge in [-0.2, -0.15) is 5.10 Å². The number of fused-ring (bicyclic) bond motifs is 1. The Morgan fingerprint density at radius 3 is 2.88 bits per heavy atom. The molecule has 0 unspecified atom stereocenters. The van der Waals surface area contributed by atoms with E-state index in [1.807, 2.05) is 36.4 Å². The number of aromatic nitrogens is 3. The van der Waals surface area contributed by atoms with E-state index in [-0.39, 0.29) is 5.91 Å². The van der Waals surface area contributed by atoms with E-state index in [0.717, 1.165) is 11.3 Å². The van der Waals surface area contributed by atoms with Crippen LogP contribution in [0.3, 0.4) is 0 Å². The average Bonchev–Trinajstić information content (AvgIpc) is 3.16. The molecule has 7 nitrogen and oxygen atoms in total. The van der Waals surface area contributed by atoms with E-state index in [9.17, 15) is 4.79 Å². The third-order valence-electron chi connectivity index (χ3n) is 4.15. The first kappa shape index (κ1) is 15.6. The van der Waals surface area contributed by atoms with Crippen LogP contribution in [0.2, 0.25) is 0 Å². The summed E-state index contributed by atoms with van der Waals surface area (Å²) in [6.45, 7) is 2.76. The Hall–Kier alpha value is -2.93. The molecule has 2 aromatic heterocycles. The summed E-state index contributed by atoms with van der Waals surface area (Å²) >= 11 is 0. The van der Waals surface area contributed by atoms with Crippen LogP contribution in [0.4, 0.5) is 0 Å². The molecular weight excluding hydrogens is 320 g/mol. The second kappa shape index (κ2) is 6.90. The van der Waals surface area contributed by atoms with Gasteiger partial charge >= 0.3 is 0 Å². The van der Waals surface area contributed by atoms with Crippen LogP contribution in [0, 0.1) is 0 Å². The molecule has 7 heteroatoms. The van der Waals surface area contributed by atoms with Gasteiger partial charge < -0.3 is 14.4 Å². The summed E-state index contributed by atoms with van der Waals surface area (Å²) in [5.41, 5.74) is 2.29. The highest BCUT2D eigenvalue weighted by Gasteiger charge is 2.18. The minimum atomic E-state index is 0.00660. The summed E-state index contributed by atoms with van der Waals surface area (Å²) in [7, 11) is 0. The highest BCUT2D eigenvalue weighted by molar-refractivity contribution is 5.94. The molecule has 0 N–H and O–H groups in total. The molecule has 4 rings (SSSR count). The van der Waals surface area contributed by atoms with Crippen molar-refractivity contribution in [2.45, 2.75) is 6.61 Å². The molecular formula is C18H18N4O3. The number of amides is 1. The van der Waals surface area contributed by atoms with Gasteiger partial charge in [-0.05, 0) is 30.3 Å². The zero-order chi connectivity index (χ0) is 17.1. The lowest BCUT2D eigenvalue weighted by molar-refractivity contribution is 0.0302. The zero-order valence-electron chi connectivity index (χ0n) is 13.7. The molecule has 3 aromatic rings. The first-order valence-corrected chi connectivity index (χ1v) is 8.19. The van der Waals surface area contributed by atoms with E-state index in [1.54, 1.807) is 15.5 Å². The van der Waals surface area contributed by atoms with Crippen molar-refractivity contribution in [2.75, 3.05) is 26.3 Å². The standard InChI is InChI=1S/C18H18N4O3/c23-18(21-7-9-24-10-8-21)14-3-1-5-16(11-14)25-12-15-4-2-6-17-19-13-20-22(15)17/h1-6,11,13H,7-10,12H2. The van der Waals surface area contributed by atoms with Gasteiger partial charge in [0, 0.05) is 18.7 Å². The maximum atomic E-state index is 12.6. The Kier molecular flexibility index (Phi) is 4.30. The van der Waals surface area contributed by atoms with E-state index in [0.29, 0.717) is 44.2 Å². The molecule has 0 aliphatic carbocycles. The molecule has 1 aliphatic rings. The predicted molar refractivity (Wildman–Crippen MR) is 90.5 cm³/mol. The van der Waals surface area contributed by atoms with E-state index < -0.39 is 0 Å². The molecule has 0 spiro atoms. The Morgan fingerprint density at radius 2 is 2.00 bits per heavy atom. The van der Waals surface area contributed by atoms with Crippen molar-refractivity contribution < 1.29 is 14.3 Å². The molecule has 0 saturated carbocycles. The fourth-order valence-corrected chi connectivity index (χ4v) is 2.84. The van der Waals surface area contributed by atoms with Crippen molar-refractivity contribution in [1.29, 1.82) is 0 Å². The first-order valence-electron chi connectivity index (χ1n) is 8.19. The third kappa shape index (κ3) is 3.32. The van der Waals surface area contributed by atoms with Crippen LogP contribution in [-0.2, 0) is 11.3 Å². The maximum Gasteiger partial charge on any atom is 0.254 e. The van der Waals surface area contributed by atoms with Crippen molar-refractivity contribution in [1.82, 2.24) is 19.5 Å². The average molecular weight is 338 g/mol. The Labute approximate surface area is 144 Å². The minimum absolute atomic E-state index is 0.00660. The lowest BCUT2D eigenvalue weighted by Crippen LogP contribution is -2.40. The lowest BCUT2D eigenvalue weighted by Gasteiger charge is -2.27. The number of morpholine rings is 1. The predicted octanol–water partition coefficient (Wildman–Crippen LogP) is 1.78. The molecule has 1 amide bonds. The van der Waals surface area contributed by atoms with Crippen molar-refractivity contribution in [3.8, 4) is 5.75 Å². The van der Waals surface area contributed by atoms with Gasteiger partial charge in [-0.25, -0.2) is 9.50 Å². The van der Waals surface area contributed by atoms with Crippen LogP contribution in [0.1, 0.15) is 16.1 Å². The second-order valence-corrected chi connectivity index (χ2v) is 5.77. The lowest BCUT2D eigenvalue weighted by atomic mass is 10.2. The number of carbonyl (C=O) groups excluding carboxylic acids is 1. The van der Waals surface area contributed by atoms with Gasteiger partial charge in [0.15, 0.2) is 5.65 Å². The van der Waals surface area contributed by atoms with E-state index in [1.165, 1.54) is 6.33 Å². The third-order valence-corrected chi connectivity index (χ3v) is 4.15. The largest absolute Gasteiger partial charge is 0.487 e. The van der Waals surface area contributed by atoms with Gasteiger partial charge in [0.25, 0.3) is 5.91 Å². The van der Waals surface area contributed by atoms with E-state index >= 15 is 0 Å². The van der Waals surface area contributed by atoms with Crippen molar-refractivity contribution in [2.24, 2.45) is 0 Å². The number of hydrogen-bond acceptors (Lipinski definition) is 5. The Balaban J connectivity index is 1.48. The normalized spacial score (nSPS) is 14.6. The first-order chi connectivity index (χ1) is 12.3. The summed E-state index contributed by atoms with van der Waals surface area (Å²) in [6, 6.07) is 13.0. The highest BCUT2D eigenvalue weighted by Crippen LogP contribution is 2.17. The number of nitrogens with zero attached hydrogens (tertiary/aromatic N) is 4. The van der Waals surface area contributed by atoms with E-state index in [4.69, 9.17) is 9.47 Å². The Bertz CT molecular complexity index is 887. The fourth-order valence-electron chi connectivity index (χ4n) is 2.84. The minimum Gasteiger partial charge on any atom is -0.487 e. The number of hydrogen-bond donors (Lipinski definition) is 0. The molecule has 1 aromatic carbocycles. The van der Waals surface area contributed by atoms with Crippen LogP contribution in [0.15, 0.2) is 48.8 Å². The molecule has 0 radical (unpaired) electrons. The molecule has 3 heterocycles. The van der Waals surface area contributed by atoms with Gasteiger partial charge in [0.2, 0.25) is 0 Å². The number of carbonyl (C=O) groups is 1. The number of benzene rings is 1. The molecule has 0 atom stereocenters. The Morgan fingerprint density at radius 1 is 1.16 bits per heavy atom. The van der Waals surface area contributed by atoms with Gasteiger partial charge in [0.05, 0.1) is 18.9 Å². The molecule has 128 valence electrons. The van der Waals surface area contributed by atoms with Gasteiger partial charge in [-0.1, -0.05) is 12.1 Å². The molecule has 1 aliphatic heterocycles. The fraction of sp³-hybridized carbons (Fsp3) is 0.278. The zero-order valence-corrected chi connectivity index (χ0v) is 13.7. The SMILES string of the molecule is O=C(c1cccc(OCc2cccc3ncnn23)c1)N1CCOCC1. The van der Waals surface area contributed by atoms with Gasteiger partial charge in [-0.15, -0.1) is 0 Å². The maximum absolute atomic E-state index is 12.6. The van der Waals surface area contributed by atoms with Gasteiger partial charge in [-0.3, -0.25) is 4.79 Å². The summed E-state index contributed by atoms with van der Waals surface area (Å²) < 4.78 is 12.9. The van der Waals surface area contributed by atoms with Crippen LogP contribution in [0.5, 0.6) is 5.75 Å². The van der Waals surface area contributed by atoms with Crippen LogP contribution < -0.4 is 4.74 Å². The smallest absolute Gasteiger partial charge is 0.254 e. The van der Waals surface area contributed by atoms with Crippen molar-refractivity contribution in [3.63, 3.8) is 0 Å². The molecule has 0 bridgehead atoms. The second-order valence-electron chi connectivity index (χ2n) is 5.77. The number of rotatable bonds is 4. The molecule has 25 heavy (non-hydrogen) atoms. The van der Waals surface area contributed by atoms with Crippen molar-refractivity contribution in [3.05, 3.63) is 60.0 Å². The van der Waals surface area contributed by atoms with E-state index in [2.05, 4.69) is 10.1 Å². The highest BCUT2D eigenvalue weighted by atomic mass is 16.5. The van der Waals surface area contributed by atoms with Gasteiger partial charge in [0.1, 0.15) is 18.7 Å². The number of ether oxygens (including phenoxy) is 2.